The number of nitro groups is 1. The predicted molar refractivity (Wildman–Crippen MR) is 76.6 cm³/mol. The summed E-state index contributed by atoms with van der Waals surface area (Å²) in [5, 5.41) is 16.9. The number of rotatable bonds is 5. The second-order valence-corrected chi connectivity index (χ2v) is 5.03. The standard InChI is InChI=1S/C12H14N4O2S/c1-8-7-19-12(15-8)4-5-14-9-2-3-11(16(17)18)10(13)6-9/h2-3,6-7,14H,4-5,13H2,1H3. The lowest BCUT2D eigenvalue weighted by Crippen LogP contribution is -2.05. The summed E-state index contributed by atoms with van der Waals surface area (Å²) >= 11 is 1.63. The highest BCUT2D eigenvalue weighted by molar-refractivity contribution is 7.09. The van der Waals surface area contributed by atoms with Crippen molar-refractivity contribution in [3.63, 3.8) is 0 Å². The summed E-state index contributed by atoms with van der Waals surface area (Å²) in [6, 6.07) is 4.64. The largest absolute Gasteiger partial charge is 0.393 e. The first kappa shape index (κ1) is 13.3. The number of nitrogen functional groups attached to an aromatic ring is 1. The average Bonchev–Trinajstić information content (AvgIpc) is 2.75. The lowest BCUT2D eigenvalue weighted by molar-refractivity contribution is -0.383. The van der Waals surface area contributed by atoms with Crippen LogP contribution in [0.25, 0.3) is 0 Å². The summed E-state index contributed by atoms with van der Waals surface area (Å²) in [5.74, 6) is 0. The molecule has 0 amide bonds. The first-order chi connectivity index (χ1) is 9.06. The number of nitrogens with two attached hydrogens (primary N) is 1. The number of aryl methyl sites for hydroxylation is 1. The number of nitrogens with one attached hydrogen (secondary N) is 1. The fourth-order valence-corrected chi connectivity index (χ4v) is 2.44. The van der Waals surface area contributed by atoms with E-state index in [2.05, 4.69) is 10.3 Å². The van der Waals surface area contributed by atoms with Gasteiger partial charge in [-0.1, -0.05) is 0 Å². The smallest absolute Gasteiger partial charge is 0.292 e. The minimum Gasteiger partial charge on any atom is -0.393 e. The van der Waals surface area contributed by atoms with Crippen LogP contribution in [0, 0.1) is 17.0 Å². The first-order valence-corrected chi connectivity index (χ1v) is 6.63. The summed E-state index contributed by atoms with van der Waals surface area (Å²) in [6.07, 6.45) is 0.815. The second kappa shape index (κ2) is 5.66. The molecule has 0 radical (unpaired) electrons. The molecular weight excluding hydrogens is 264 g/mol. The van der Waals surface area contributed by atoms with Crippen molar-refractivity contribution in [1.82, 2.24) is 4.98 Å². The van der Waals surface area contributed by atoms with Crippen LogP contribution in [-0.4, -0.2) is 16.5 Å². The Balaban J connectivity index is 1.93. The molecule has 0 saturated carbocycles. The van der Waals surface area contributed by atoms with E-state index in [0.29, 0.717) is 6.54 Å². The van der Waals surface area contributed by atoms with Gasteiger partial charge in [0.25, 0.3) is 5.69 Å². The number of benzene rings is 1. The van der Waals surface area contributed by atoms with Gasteiger partial charge in [0.15, 0.2) is 0 Å². The summed E-state index contributed by atoms with van der Waals surface area (Å²) in [5.41, 5.74) is 7.52. The van der Waals surface area contributed by atoms with E-state index in [1.807, 2.05) is 12.3 Å². The summed E-state index contributed by atoms with van der Waals surface area (Å²) < 4.78 is 0. The van der Waals surface area contributed by atoms with Crippen LogP contribution in [0.2, 0.25) is 0 Å². The minimum absolute atomic E-state index is 0.0684. The van der Waals surface area contributed by atoms with Gasteiger partial charge in [0.1, 0.15) is 5.69 Å². The third-order valence-corrected chi connectivity index (χ3v) is 3.59. The van der Waals surface area contributed by atoms with Crippen LogP contribution in [0.15, 0.2) is 23.6 Å². The number of hydrogen-bond donors (Lipinski definition) is 2. The van der Waals surface area contributed by atoms with Gasteiger partial charge in [0, 0.05) is 35.8 Å². The molecule has 0 atom stereocenters. The topological polar surface area (TPSA) is 94.1 Å². The van der Waals surface area contributed by atoms with Gasteiger partial charge >= 0.3 is 0 Å². The molecule has 1 aromatic heterocycles. The molecule has 0 bridgehead atoms. The van der Waals surface area contributed by atoms with Crippen molar-refractivity contribution < 1.29 is 4.92 Å². The quantitative estimate of drug-likeness (QED) is 0.498. The Kier molecular flexibility index (Phi) is 3.96. The van der Waals surface area contributed by atoms with Gasteiger partial charge in [0.2, 0.25) is 0 Å². The highest BCUT2D eigenvalue weighted by atomic mass is 32.1. The van der Waals surface area contributed by atoms with Crippen LogP contribution in [0.4, 0.5) is 17.1 Å². The molecule has 19 heavy (non-hydrogen) atoms. The third-order valence-electron chi connectivity index (χ3n) is 2.56. The highest BCUT2D eigenvalue weighted by Crippen LogP contribution is 2.24. The van der Waals surface area contributed by atoms with Crippen LogP contribution < -0.4 is 11.1 Å². The van der Waals surface area contributed by atoms with Crippen molar-refractivity contribution in [1.29, 1.82) is 0 Å². The molecule has 0 aliphatic carbocycles. The number of hydrogen-bond acceptors (Lipinski definition) is 6. The predicted octanol–water partition coefficient (Wildman–Crippen LogP) is 2.60. The fourth-order valence-electron chi connectivity index (χ4n) is 1.66. The van der Waals surface area contributed by atoms with Gasteiger partial charge in [-0.15, -0.1) is 11.3 Å². The highest BCUT2D eigenvalue weighted by Gasteiger charge is 2.10. The number of anilines is 2. The molecule has 2 rings (SSSR count). The molecule has 3 N–H and O–H groups in total. The maximum absolute atomic E-state index is 10.6. The minimum atomic E-state index is -0.489. The Morgan fingerprint density at radius 3 is 2.89 bits per heavy atom. The molecule has 0 aliphatic heterocycles. The molecule has 100 valence electrons. The molecule has 2 aromatic rings. The summed E-state index contributed by atoms with van der Waals surface area (Å²) in [4.78, 5) is 14.5. The van der Waals surface area contributed by atoms with Crippen LogP contribution in [0.3, 0.4) is 0 Å². The van der Waals surface area contributed by atoms with E-state index in [4.69, 9.17) is 5.73 Å². The molecule has 0 spiro atoms. The monoisotopic (exact) mass is 278 g/mol. The molecule has 0 aliphatic rings. The first-order valence-electron chi connectivity index (χ1n) is 5.75. The van der Waals surface area contributed by atoms with Crippen molar-refractivity contribution in [2.45, 2.75) is 13.3 Å². The van der Waals surface area contributed by atoms with E-state index in [1.165, 1.54) is 6.07 Å². The van der Waals surface area contributed by atoms with E-state index >= 15 is 0 Å². The van der Waals surface area contributed by atoms with Gasteiger partial charge in [-0.3, -0.25) is 10.1 Å². The maximum Gasteiger partial charge on any atom is 0.292 e. The van der Waals surface area contributed by atoms with Crippen LogP contribution in [-0.2, 0) is 6.42 Å². The zero-order valence-electron chi connectivity index (χ0n) is 10.4. The van der Waals surface area contributed by atoms with Crippen molar-refractivity contribution in [2.24, 2.45) is 0 Å². The summed E-state index contributed by atoms with van der Waals surface area (Å²) in [7, 11) is 0. The van der Waals surface area contributed by atoms with Gasteiger partial charge in [0.05, 0.1) is 9.93 Å². The number of thiazole rings is 1. The van der Waals surface area contributed by atoms with Crippen molar-refractivity contribution in [3.05, 3.63) is 44.4 Å². The van der Waals surface area contributed by atoms with Gasteiger partial charge in [-0.25, -0.2) is 4.98 Å². The Morgan fingerprint density at radius 1 is 1.53 bits per heavy atom. The Bertz CT molecular complexity index is 597. The Labute approximate surface area is 114 Å². The van der Waals surface area contributed by atoms with Crippen molar-refractivity contribution in [3.8, 4) is 0 Å². The van der Waals surface area contributed by atoms with Crippen LogP contribution in [0.5, 0.6) is 0 Å². The lowest BCUT2D eigenvalue weighted by Gasteiger charge is -2.06. The number of nitrogens with zero attached hydrogens (tertiary/aromatic N) is 2. The molecular formula is C12H14N4O2S. The van der Waals surface area contributed by atoms with Gasteiger partial charge < -0.3 is 11.1 Å². The SMILES string of the molecule is Cc1csc(CCNc2ccc([N+](=O)[O-])c(N)c2)n1. The zero-order valence-corrected chi connectivity index (χ0v) is 11.2. The van der Waals surface area contributed by atoms with Crippen molar-refractivity contribution >= 4 is 28.4 Å². The van der Waals surface area contributed by atoms with E-state index < -0.39 is 4.92 Å². The average molecular weight is 278 g/mol. The molecule has 1 heterocycles. The Morgan fingerprint density at radius 2 is 2.32 bits per heavy atom. The lowest BCUT2D eigenvalue weighted by atomic mass is 10.2. The molecule has 0 saturated heterocycles. The Hall–Kier alpha value is -2.15. The van der Waals surface area contributed by atoms with E-state index in [-0.39, 0.29) is 11.4 Å². The molecule has 0 fully saturated rings. The zero-order chi connectivity index (χ0) is 13.8. The van der Waals surface area contributed by atoms with Crippen LogP contribution in [0.1, 0.15) is 10.7 Å². The van der Waals surface area contributed by atoms with E-state index in [9.17, 15) is 10.1 Å². The maximum atomic E-state index is 10.6. The second-order valence-electron chi connectivity index (χ2n) is 4.09. The van der Waals surface area contributed by atoms with E-state index in [0.717, 1.165) is 22.8 Å². The van der Waals surface area contributed by atoms with Crippen molar-refractivity contribution in [2.75, 3.05) is 17.6 Å². The number of nitro benzene ring substituents is 1. The van der Waals surface area contributed by atoms with Gasteiger partial charge in [-0.05, 0) is 19.1 Å². The van der Waals surface area contributed by atoms with Crippen LogP contribution >= 0.6 is 11.3 Å². The molecule has 0 unspecified atom stereocenters. The van der Waals surface area contributed by atoms with Gasteiger partial charge in [-0.2, -0.15) is 0 Å². The third kappa shape index (κ3) is 3.41. The molecule has 7 heteroatoms. The summed E-state index contributed by atoms with van der Waals surface area (Å²) in [6.45, 7) is 2.68. The molecule has 1 aromatic carbocycles. The number of aromatic nitrogens is 1. The normalized spacial score (nSPS) is 10.4. The molecule has 6 nitrogen and oxygen atoms in total. The van der Waals surface area contributed by atoms with E-state index in [1.54, 1.807) is 23.5 Å². The fraction of sp³-hybridized carbons (Fsp3) is 0.250.